The Balaban J connectivity index is 1.80. The molecule has 0 fully saturated rings. The van der Waals surface area contributed by atoms with Crippen molar-refractivity contribution in [3.05, 3.63) is 64.8 Å². The molecule has 1 aliphatic rings. The molecule has 2 heterocycles. The third kappa shape index (κ3) is 2.16. The van der Waals surface area contributed by atoms with Crippen molar-refractivity contribution in [3.8, 4) is 17.3 Å². The maximum Gasteiger partial charge on any atom is 0.161 e. The second-order valence-corrected chi connectivity index (χ2v) is 7.05. The lowest BCUT2D eigenvalue weighted by Crippen LogP contribution is -2.04. The molecule has 0 saturated heterocycles. The van der Waals surface area contributed by atoms with E-state index in [1.807, 2.05) is 30.5 Å². The van der Waals surface area contributed by atoms with Gasteiger partial charge in [0.15, 0.2) is 5.58 Å². The molecule has 26 heavy (non-hydrogen) atoms. The summed E-state index contributed by atoms with van der Waals surface area (Å²) in [4.78, 5) is 4.58. The Labute approximate surface area is 151 Å². The minimum atomic E-state index is 0.647. The van der Waals surface area contributed by atoms with Crippen molar-refractivity contribution in [2.75, 3.05) is 0 Å². The fraction of sp³-hybridized carbons (Fsp3) is 0.217. The Morgan fingerprint density at radius 3 is 2.69 bits per heavy atom. The van der Waals surface area contributed by atoms with Gasteiger partial charge in [-0.05, 0) is 73.6 Å². The minimum absolute atomic E-state index is 0.647. The number of rotatable bonds is 1. The number of furan rings is 1. The lowest BCUT2D eigenvalue weighted by molar-refractivity contribution is 0.657. The molecule has 0 amide bonds. The number of aryl methyl sites for hydroxylation is 2. The number of fused-ring (bicyclic) bond motifs is 4. The van der Waals surface area contributed by atoms with Crippen molar-refractivity contribution in [1.82, 2.24) is 4.98 Å². The molecular weight excluding hydrogens is 320 g/mol. The Bertz CT molecular complexity index is 1190. The first-order valence-corrected chi connectivity index (χ1v) is 9.09. The summed E-state index contributed by atoms with van der Waals surface area (Å²) in [6.45, 7) is 2.23. The summed E-state index contributed by atoms with van der Waals surface area (Å²) in [5, 5.41) is 11.4. The minimum Gasteiger partial charge on any atom is -0.454 e. The topological polar surface area (TPSA) is 49.8 Å². The van der Waals surface area contributed by atoms with Gasteiger partial charge in [0.2, 0.25) is 0 Å². The van der Waals surface area contributed by atoms with Crippen LogP contribution >= 0.6 is 0 Å². The second-order valence-electron chi connectivity index (χ2n) is 7.05. The van der Waals surface area contributed by atoms with E-state index in [2.05, 4.69) is 30.1 Å². The van der Waals surface area contributed by atoms with E-state index in [9.17, 15) is 0 Å². The van der Waals surface area contributed by atoms with Gasteiger partial charge in [-0.1, -0.05) is 12.1 Å². The van der Waals surface area contributed by atoms with E-state index in [0.717, 1.165) is 40.7 Å². The standard InChI is InChI=1S/C23H18N2O/c1-14-18-5-3-2-4-17(18)12-20-21(14)19-10-11-25-22(23(19)26-20)16-8-6-15(13-24)7-9-16/h6-12H,2-5H2,1H3. The van der Waals surface area contributed by atoms with Crippen molar-refractivity contribution >= 4 is 21.9 Å². The molecule has 0 radical (unpaired) electrons. The van der Waals surface area contributed by atoms with Crippen LogP contribution in [0.2, 0.25) is 0 Å². The molecule has 3 nitrogen and oxygen atoms in total. The van der Waals surface area contributed by atoms with E-state index >= 15 is 0 Å². The molecule has 0 N–H and O–H groups in total. The van der Waals surface area contributed by atoms with E-state index in [1.54, 1.807) is 0 Å². The Kier molecular flexibility index (Phi) is 3.33. The average Bonchev–Trinajstić information content (AvgIpc) is 3.07. The number of benzene rings is 2. The van der Waals surface area contributed by atoms with Gasteiger partial charge >= 0.3 is 0 Å². The van der Waals surface area contributed by atoms with Crippen LogP contribution in [0.15, 0.2) is 47.0 Å². The quantitative estimate of drug-likeness (QED) is 0.447. The van der Waals surface area contributed by atoms with Crippen LogP contribution in [0.1, 0.15) is 35.1 Å². The van der Waals surface area contributed by atoms with Gasteiger partial charge in [0.05, 0.1) is 11.6 Å². The number of hydrogen-bond acceptors (Lipinski definition) is 3. The van der Waals surface area contributed by atoms with Gasteiger partial charge in [0.25, 0.3) is 0 Å². The van der Waals surface area contributed by atoms with Crippen LogP contribution in [0.4, 0.5) is 0 Å². The molecule has 0 spiro atoms. The predicted octanol–water partition coefficient (Wildman–Crippen LogP) is 5.71. The van der Waals surface area contributed by atoms with Crippen LogP contribution in [0, 0.1) is 18.3 Å². The predicted molar refractivity (Wildman–Crippen MR) is 103 cm³/mol. The van der Waals surface area contributed by atoms with Gasteiger partial charge in [-0.25, -0.2) is 0 Å². The summed E-state index contributed by atoms with van der Waals surface area (Å²) in [6, 6.07) is 14.0. The molecule has 0 saturated carbocycles. The number of nitriles is 1. The summed E-state index contributed by atoms with van der Waals surface area (Å²) in [5.74, 6) is 0. The number of pyridine rings is 1. The zero-order valence-corrected chi connectivity index (χ0v) is 14.7. The first-order chi connectivity index (χ1) is 12.8. The van der Waals surface area contributed by atoms with Crippen LogP contribution in [-0.4, -0.2) is 4.98 Å². The molecule has 126 valence electrons. The van der Waals surface area contributed by atoms with Crippen molar-refractivity contribution in [2.45, 2.75) is 32.6 Å². The third-order valence-corrected chi connectivity index (χ3v) is 5.56. The van der Waals surface area contributed by atoms with Gasteiger partial charge in [-0.15, -0.1) is 0 Å². The molecule has 2 aromatic carbocycles. The molecular formula is C23H18N2O. The van der Waals surface area contributed by atoms with E-state index in [4.69, 9.17) is 9.68 Å². The van der Waals surface area contributed by atoms with E-state index in [-0.39, 0.29) is 0 Å². The fourth-order valence-electron chi connectivity index (χ4n) is 4.26. The second kappa shape index (κ2) is 5.71. The van der Waals surface area contributed by atoms with Crippen LogP contribution in [0.5, 0.6) is 0 Å². The lowest BCUT2D eigenvalue weighted by Gasteiger charge is -2.18. The highest BCUT2D eigenvalue weighted by molar-refractivity contribution is 6.10. The van der Waals surface area contributed by atoms with E-state index in [1.165, 1.54) is 34.9 Å². The van der Waals surface area contributed by atoms with E-state index in [0.29, 0.717) is 5.56 Å². The Hall–Kier alpha value is -3.12. The van der Waals surface area contributed by atoms with Gasteiger partial charge in [-0.3, -0.25) is 4.98 Å². The van der Waals surface area contributed by atoms with E-state index < -0.39 is 0 Å². The molecule has 2 aromatic heterocycles. The van der Waals surface area contributed by atoms with Crippen molar-refractivity contribution in [2.24, 2.45) is 0 Å². The molecule has 4 aromatic rings. The number of nitrogens with zero attached hydrogens (tertiary/aromatic N) is 2. The SMILES string of the molecule is Cc1c2c(cc3oc4c(-c5ccc(C#N)cc5)nccc4c13)CCCC2. The van der Waals surface area contributed by atoms with Crippen LogP contribution in [0.3, 0.4) is 0 Å². The summed E-state index contributed by atoms with van der Waals surface area (Å²) < 4.78 is 6.31. The average molecular weight is 338 g/mol. The smallest absolute Gasteiger partial charge is 0.161 e. The molecule has 3 heteroatoms. The van der Waals surface area contributed by atoms with Crippen molar-refractivity contribution in [1.29, 1.82) is 5.26 Å². The highest BCUT2D eigenvalue weighted by Crippen LogP contribution is 2.39. The van der Waals surface area contributed by atoms with Crippen molar-refractivity contribution in [3.63, 3.8) is 0 Å². The summed E-state index contributed by atoms with van der Waals surface area (Å²) in [5.41, 5.74) is 8.54. The normalized spacial score (nSPS) is 13.7. The monoisotopic (exact) mass is 338 g/mol. The third-order valence-electron chi connectivity index (χ3n) is 5.56. The van der Waals surface area contributed by atoms with Crippen LogP contribution < -0.4 is 0 Å². The molecule has 0 aliphatic heterocycles. The fourth-order valence-corrected chi connectivity index (χ4v) is 4.26. The lowest BCUT2D eigenvalue weighted by atomic mass is 9.86. The van der Waals surface area contributed by atoms with Crippen molar-refractivity contribution < 1.29 is 4.42 Å². The largest absolute Gasteiger partial charge is 0.454 e. The van der Waals surface area contributed by atoms with Gasteiger partial charge in [0, 0.05) is 22.5 Å². The first kappa shape index (κ1) is 15.2. The summed E-state index contributed by atoms with van der Waals surface area (Å²) >= 11 is 0. The van der Waals surface area contributed by atoms with Crippen LogP contribution in [-0.2, 0) is 12.8 Å². The molecule has 5 rings (SSSR count). The maximum absolute atomic E-state index is 9.02. The number of hydrogen-bond donors (Lipinski definition) is 0. The highest BCUT2D eigenvalue weighted by Gasteiger charge is 2.20. The van der Waals surface area contributed by atoms with Gasteiger partial charge in [-0.2, -0.15) is 5.26 Å². The molecule has 1 aliphatic carbocycles. The molecule has 0 atom stereocenters. The maximum atomic E-state index is 9.02. The van der Waals surface area contributed by atoms with Gasteiger partial charge in [0.1, 0.15) is 11.3 Å². The summed E-state index contributed by atoms with van der Waals surface area (Å²) in [7, 11) is 0. The summed E-state index contributed by atoms with van der Waals surface area (Å²) in [6.07, 6.45) is 6.69. The first-order valence-electron chi connectivity index (χ1n) is 9.09. The molecule has 0 unspecified atom stereocenters. The Morgan fingerprint density at radius 1 is 1.08 bits per heavy atom. The zero-order chi connectivity index (χ0) is 17.7. The Morgan fingerprint density at radius 2 is 1.88 bits per heavy atom. The van der Waals surface area contributed by atoms with Gasteiger partial charge < -0.3 is 4.42 Å². The highest BCUT2D eigenvalue weighted by atomic mass is 16.3. The molecule has 0 bridgehead atoms. The zero-order valence-electron chi connectivity index (χ0n) is 14.7. The number of aromatic nitrogens is 1. The van der Waals surface area contributed by atoms with Crippen LogP contribution in [0.25, 0.3) is 33.2 Å².